The molecule has 2 heterocycles. The number of fused-ring (bicyclic) bond motifs is 1. The molecule has 0 aliphatic carbocycles. The third-order valence-corrected chi connectivity index (χ3v) is 4.31. The topological polar surface area (TPSA) is 63.5 Å². The van der Waals surface area contributed by atoms with Crippen molar-refractivity contribution in [2.75, 3.05) is 13.1 Å². The van der Waals surface area contributed by atoms with Gasteiger partial charge in [-0.25, -0.2) is 0 Å². The highest BCUT2D eigenvalue weighted by molar-refractivity contribution is 14.0. The molecule has 0 amide bonds. The van der Waals surface area contributed by atoms with Crippen LogP contribution in [0.4, 0.5) is 0 Å². The highest BCUT2D eigenvalue weighted by Crippen LogP contribution is 2.18. The molecule has 0 fully saturated rings. The van der Waals surface area contributed by atoms with Gasteiger partial charge in [0.25, 0.3) is 0 Å². The molecule has 23 heavy (non-hydrogen) atoms. The van der Waals surface area contributed by atoms with Crippen LogP contribution >= 0.6 is 35.3 Å². The minimum absolute atomic E-state index is 0. The minimum atomic E-state index is 0. The van der Waals surface area contributed by atoms with E-state index in [0.29, 0.717) is 19.0 Å². The predicted molar refractivity (Wildman–Crippen MR) is 108 cm³/mol. The van der Waals surface area contributed by atoms with E-state index in [1.165, 1.54) is 4.88 Å². The Morgan fingerprint density at radius 2 is 2.04 bits per heavy atom. The predicted octanol–water partition coefficient (Wildman–Crippen LogP) is 3.80. The molecule has 0 saturated carbocycles. The quantitative estimate of drug-likeness (QED) is 0.348. The number of nitrogens with one attached hydrogen (secondary N) is 1. The summed E-state index contributed by atoms with van der Waals surface area (Å²) in [6.07, 6.45) is 1.72. The molecule has 0 unspecified atom stereocenters. The van der Waals surface area contributed by atoms with Crippen LogP contribution in [-0.4, -0.2) is 19.0 Å². The van der Waals surface area contributed by atoms with Gasteiger partial charge in [0.2, 0.25) is 0 Å². The zero-order chi connectivity index (χ0) is 15.2. The summed E-state index contributed by atoms with van der Waals surface area (Å²) in [7, 11) is 0. The van der Waals surface area contributed by atoms with E-state index in [9.17, 15) is 0 Å². The molecule has 0 radical (unpaired) electrons. The summed E-state index contributed by atoms with van der Waals surface area (Å²) >= 11 is 1.75. The van der Waals surface area contributed by atoms with Crippen LogP contribution in [0.3, 0.4) is 0 Å². The van der Waals surface area contributed by atoms with Crippen LogP contribution in [-0.2, 0) is 12.8 Å². The van der Waals surface area contributed by atoms with Gasteiger partial charge in [-0.15, -0.1) is 35.3 Å². The van der Waals surface area contributed by atoms with Gasteiger partial charge in [0.1, 0.15) is 11.3 Å². The molecule has 3 rings (SSSR count). The maximum Gasteiger partial charge on any atom is 0.188 e. The third kappa shape index (κ3) is 5.24. The van der Waals surface area contributed by atoms with Crippen molar-refractivity contribution in [1.29, 1.82) is 0 Å². The van der Waals surface area contributed by atoms with Gasteiger partial charge in [0.15, 0.2) is 5.96 Å². The summed E-state index contributed by atoms with van der Waals surface area (Å²) in [6.45, 7) is 1.43. The minimum Gasteiger partial charge on any atom is -0.461 e. The van der Waals surface area contributed by atoms with E-state index in [1.807, 2.05) is 18.2 Å². The Balaban J connectivity index is 0.00000192. The van der Waals surface area contributed by atoms with Crippen LogP contribution in [0.1, 0.15) is 10.6 Å². The molecule has 1 aromatic carbocycles. The molecule has 0 spiro atoms. The number of guanidine groups is 1. The van der Waals surface area contributed by atoms with Crippen molar-refractivity contribution in [3.05, 3.63) is 58.5 Å². The summed E-state index contributed by atoms with van der Waals surface area (Å²) in [5.41, 5.74) is 6.79. The number of hydrogen-bond donors (Lipinski definition) is 2. The monoisotopic (exact) mass is 441 g/mol. The summed E-state index contributed by atoms with van der Waals surface area (Å²) in [4.78, 5) is 5.66. The van der Waals surface area contributed by atoms with Gasteiger partial charge >= 0.3 is 0 Å². The van der Waals surface area contributed by atoms with Crippen molar-refractivity contribution in [3.8, 4) is 0 Å². The second-order valence-corrected chi connectivity index (χ2v) is 6.06. The first-order valence-corrected chi connectivity index (χ1v) is 8.23. The lowest BCUT2D eigenvalue weighted by molar-refractivity contribution is 0.545. The molecule has 0 aliphatic heterocycles. The van der Waals surface area contributed by atoms with Crippen LogP contribution in [0, 0.1) is 0 Å². The van der Waals surface area contributed by atoms with Crippen molar-refractivity contribution in [2.24, 2.45) is 10.7 Å². The zero-order valence-corrected chi connectivity index (χ0v) is 15.8. The summed E-state index contributed by atoms with van der Waals surface area (Å²) in [5, 5.41) is 6.34. The standard InChI is InChI=1S/C17H19N3OS.HI/c18-17(20-10-8-15-5-3-11-22-15)19-9-7-14-12-13-4-1-2-6-16(13)21-14;/h1-6,11-12H,7-10H2,(H3,18,19,20);1H. The molecule has 0 saturated heterocycles. The number of rotatable bonds is 6. The average molecular weight is 441 g/mol. The number of halogens is 1. The SMILES string of the molecule is I.NC(=NCCc1cccs1)NCCc1cc2ccccc2o1. The molecule has 4 nitrogen and oxygen atoms in total. The van der Waals surface area contributed by atoms with Gasteiger partial charge in [-0.05, 0) is 23.6 Å². The molecule has 122 valence electrons. The van der Waals surface area contributed by atoms with Gasteiger partial charge in [0, 0.05) is 36.2 Å². The third-order valence-electron chi connectivity index (χ3n) is 3.37. The molecule has 0 atom stereocenters. The number of furan rings is 1. The maximum atomic E-state index is 5.86. The largest absolute Gasteiger partial charge is 0.461 e. The molecule has 3 N–H and O–H groups in total. The summed E-state index contributed by atoms with van der Waals surface area (Å²) < 4.78 is 5.76. The van der Waals surface area contributed by atoms with Gasteiger partial charge < -0.3 is 15.5 Å². The van der Waals surface area contributed by atoms with Gasteiger partial charge in [-0.3, -0.25) is 4.99 Å². The molecule has 3 aromatic rings. The Morgan fingerprint density at radius 1 is 1.17 bits per heavy atom. The lowest BCUT2D eigenvalue weighted by Gasteiger charge is -2.03. The lowest BCUT2D eigenvalue weighted by Crippen LogP contribution is -2.33. The van der Waals surface area contributed by atoms with Crippen LogP contribution in [0.25, 0.3) is 11.0 Å². The van der Waals surface area contributed by atoms with Crippen LogP contribution < -0.4 is 11.1 Å². The van der Waals surface area contributed by atoms with Crippen molar-refractivity contribution in [3.63, 3.8) is 0 Å². The summed E-state index contributed by atoms with van der Waals surface area (Å²) in [5.74, 6) is 1.45. The molecular formula is C17H20IN3OS. The van der Waals surface area contributed by atoms with Crippen molar-refractivity contribution >= 4 is 52.2 Å². The molecule has 6 heteroatoms. The second kappa shape index (κ2) is 8.93. The Hall–Kier alpha value is -1.54. The normalized spacial score (nSPS) is 11.4. The fourth-order valence-corrected chi connectivity index (χ4v) is 2.97. The Labute approximate surface area is 156 Å². The molecule has 0 bridgehead atoms. The van der Waals surface area contributed by atoms with Crippen molar-refractivity contribution < 1.29 is 4.42 Å². The first kappa shape index (κ1) is 17.8. The summed E-state index contributed by atoms with van der Waals surface area (Å²) in [6, 6.07) is 14.3. The van der Waals surface area contributed by atoms with E-state index in [1.54, 1.807) is 11.3 Å². The van der Waals surface area contributed by atoms with Crippen molar-refractivity contribution in [2.45, 2.75) is 12.8 Å². The fourth-order valence-electron chi connectivity index (χ4n) is 2.27. The number of thiophene rings is 1. The number of para-hydroxylation sites is 1. The number of hydrogen-bond acceptors (Lipinski definition) is 3. The Morgan fingerprint density at radius 3 is 2.83 bits per heavy atom. The van der Waals surface area contributed by atoms with Crippen LogP contribution in [0.5, 0.6) is 0 Å². The molecule has 0 aliphatic rings. The Kier molecular flexibility index (Phi) is 6.91. The second-order valence-electron chi connectivity index (χ2n) is 5.02. The van der Waals surface area contributed by atoms with E-state index >= 15 is 0 Å². The van der Waals surface area contributed by atoms with E-state index in [-0.39, 0.29) is 24.0 Å². The average Bonchev–Trinajstić information content (AvgIpc) is 3.15. The number of nitrogens with zero attached hydrogens (tertiary/aromatic N) is 1. The van der Waals surface area contributed by atoms with E-state index in [4.69, 9.17) is 10.2 Å². The first-order valence-electron chi connectivity index (χ1n) is 7.35. The van der Waals surface area contributed by atoms with Crippen LogP contribution in [0.15, 0.2) is 57.3 Å². The fraction of sp³-hybridized carbons (Fsp3) is 0.235. The zero-order valence-electron chi connectivity index (χ0n) is 12.7. The van der Waals surface area contributed by atoms with Gasteiger partial charge in [0.05, 0.1) is 0 Å². The lowest BCUT2D eigenvalue weighted by atomic mass is 10.2. The van der Waals surface area contributed by atoms with E-state index in [0.717, 1.165) is 29.6 Å². The van der Waals surface area contributed by atoms with Gasteiger partial charge in [-0.1, -0.05) is 24.3 Å². The van der Waals surface area contributed by atoms with Crippen LogP contribution in [0.2, 0.25) is 0 Å². The van der Waals surface area contributed by atoms with Crippen molar-refractivity contribution in [1.82, 2.24) is 5.32 Å². The highest BCUT2D eigenvalue weighted by atomic mass is 127. The Bertz CT molecular complexity index is 719. The van der Waals surface area contributed by atoms with Gasteiger partial charge in [-0.2, -0.15) is 0 Å². The van der Waals surface area contributed by atoms with E-state index in [2.05, 4.69) is 40.0 Å². The molecular weight excluding hydrogens is 421 g/mol. The highest BCUT2D eigenvalue weighted by Gasteiger charge is 2.02. The maximum absolute atomic E-state index is 5.86. The number of aliphatic imine (C=N–C) groups is 1. The number of benzene rings is 1. The smallest absolute Gasteiger partial charge is 0.188 e. The van der Waals surface area contributed by atoms with E-state index < -0.39 is 0 Å². The molecule has 2 aromatic heterocycles. The number of nitrogens with two attached hydrogens (primary N) is 1. The first-order chi connectivity index (χ1) is 10.8.